The predicted octanol–water partition coefficient (Wildman–Crippen LogP) is 2.66. The van der Waals surface area contributed by atoms with Crippen LogP contribution in [0.2, 0.25) is 0 Å². The van der Waals surface area contributed by atoms with Crippen LogP contribution in [-0.2, 0) is 4.74 Å². The van der Waals surface area contributed by atoms with E-state index in [1.807, 2.05) is 0 Å². The smallest absolute Gasteiger partial charge is 0.371 e. The topological polar surface area (TPSA) is 24.5 Å². The lowest BCUT2D eigenvalue weighted by Gasteiger charge is -2.42. The van der Waals surface area contributed by atoms with Gasteiger partial charge in [0, 0.05) is 31.7 Å². The normalized spacial score (nSPS) is 29.6. The quantitative estimate of drug-likeness (QED) is 0.732. The Morgan fingerprint density at radius 3 is 2.62 bits per heavy atom. The van der Waals surface area contributed by atoms with Crippen molar-refractivity contribution in [1.29, 1.82) is 0 Å². The minimum atomic E-state index is -4.22. The molecule has 0 radical (unpaired) electrons. The van der Waals surface area contributed by atoms with Crippen LogP contribution in [0, 0.1) is 11.8 Å². The largest absolute Gasteiger partial charge is 0.411 e. The number of hydrogen-bond acceptors (Lipinski definition) is 3. The maximum Gasteiger partial charge on any atom is 0.411 e. The van der Waals surface area contributed by atoms with Crippen LogP contribution >= 0.6 is 0 Å². The lowest BCUT2D eigenvalue weighted by molar-refractivity contribution is -0.175. The molecule has 2 rings (SSSR count). The maximum atomic E-state index is 12.1. The lowest BCUT2D eigenvalue weighted by atomic mass is 9.94. The van der Waals surface area contributed by atoms with E-state index in [2.05, 4.69) is 24.1 Å². The third-order valence-corrected chi connectivity index (χ3v) is 4.77. The van der Waals surface area contributed by atoms with E-state index >= 15 is 0 Å². The van der Waals surface area contributed by atoms with Gasteiger partial charge in [-0.2, -0.15) is 13.2 Å². The standard InChI is InChI=1S/C15H27F3N2O/c1-3-11(2)13-9-20(6-7-21-10-15(16,17)18)14(8-19-13)12-4-5-12/h11-14,19H,3-10H2,1-2H3. The minimum Gasteiger partial charge on any atom is -0.371 e. The summed E-state index contributed by atoms with van der Waals surface area (Å²) in [6.07, 6.45) is -0.608. The van der Waals surface area contributed by atoms with Crippen LogP contribution in [-0.4, -0.2) is 56.0 Å². The number of hydrogen-bond donors (Lipinski definition) is 1. The van der Waals surface area contributed by atoms with Crippen LogP contribution in [0.15, 0.2) is 0 Å². The second-order valence-corrected chi connectivity index (χ2v) is 6.47. The van der Waals surface area contributed by atoms with Crippen molar-refractivity contribution in [2.75, 3.05) is 32.8 Å². The zero-order chi connectivity index (χ0) is 15.5. The van der Waals surface area contributed by atoms with Gasteiger partial charge in [0.25, 0.3) is 0 Å². The van der Waals surface area contributed by atoms with Crippen LogP contribution in [0.25, 0.3) is 0 Å². The van der Waals surface area contributed by atoms with Crippen molar-refractivity contribution < 1.29 is 17.9 Å². The van der Waals surface area contributed by atoms with Gasteiger partial charge in [-0.25, -0.2) is 0 Å². The molecule has 3 atom stereocenters. The van der Waals surface area contributed by atoms with Crippen molar-refractivity contribution in [2.24, 2.45) is 11.8 Å². The van der Waals surface area contributed by atoms with E-state index in [9.17, 15) is 13.2 Å². The van der Waals surface area contributed by atoms with Crippen molar-refractivity contribution in [1.82, 2.24) is 10.2 Å². The van der Waals surface area contributed by atoms with Gasteiger partial charge >= 0.3 is 6.18 Å². The van der Waals surface area contributed by atoms with Crippen molar-refractivity contribution in [3.05, 3.63) is 0 Å². The van der Waals surface area contributed by atoms with E-state index in [4.69, 9.17) is 4.74 Å². The third kappa shape index (κ3) is 5.42. The average Bonchev–Trinajstić information content (AvgIpc) is 3.26. The molecule has 21 heavy (non-hydrogen) atoms. The number of piperazine rings is 1. The highest BCUT2D eigenvalue weighted by atomic mass is 19.4. The van der Waals surface area contributed by atoms with Gasteiger partial charge in [-0.1, -0.05) is 20.3 Å². The monoisotopic (exact) mass is 308 g/mol. The summed E-state index contributed by atoms with van der Waals surface area (Å²) in [6.45, 7) is 5.91. The number of ether oxygens (including phenoxy) is 1. The molecule has 0 bridgehead atoms. The minimum absolute atomic E-state index is 0.163. The zero-order valence-electron chi connectivity index (χ0n) is 13.0. The Balaban J connectivity index is 1.80. The molecule has 1 aliphatic carbocycles. The van der Waals surface area contributed by atoms with Crippen molar-refractivity contribution >= 4 is 0 Å². The first-order chi connectivity index (χ1) is 9.90. The van der Waals surface area contributed by atoms with Gasteiger partial charge in [0.15, 0.2) is 0 Å². The molecule has 2 fully saturated rings. The highest BCUT2D eigenvalue weighted by molar-refractivity contribution is 4.95. The number of alkyl halides is 3. The molecule has 124 valence electrons. The molecule has 1 aliphatic heterocycles. The zero-order valence-corrected chi connectivity index (χ0v) is 13.0. The average molecular weight is 308 g/mol. The van der Waals surface area contributed by atoms with Crippen LogP contribution < -0.4 is 5.32 Å². The summed E-state index contributed by atoms with van der Waals surface area (Å²) in [5.41, 5.74) is 0. The second-order valence-electron chi connectivity index (χ2n) is 6.47. The van der Waals surface area contributed by atoms with Gasteiger partial charge < -0.3 is 10.1 Å². The van der Waals surface area contributed by atoms with Crippen LogP contribution in [0.5, 0.6) is 0 Å². The molecular weight excluding hydrogens is 281 g/mol. The summed E-state index contributed by atoms with van der Waals surface area (Å²) in [5.74, 6) is 1.31. The third-order valence-electron chi connectivity index (χ3n) is 4.77. The van der Waals surface area contributed by atoms with E-state index in [1.54, 1.807) is 0 Å². The van der Waals surface area contributed by atoms with E-state index in [0.29, 0.717) is 24.5 Å². The first-order valence-corrected chi connectivity index (χ1v) is 8.02. The van der Waals surface area contributed by atoms with Crippen molar-refractivity contribution in [3.8, 4) is 0 Å². The Kier molecular flexibility index (Phi) is 5.91. The fourth-order valence-corrected chi connectivity index (χ4v) is 3.09. The van der Waals surface area contributed by atoms with Gasteiger partial charge in [0.1, 0.15) is 6.61 Å². The molecule has 1 saturated heterocycles. The number of nitrogens with zero attached hydrogens (tertiary/aromatic N) is 1. The highest BCUT2D eigenvalue weighted by Crippen LogP contribution is 2.36. The number of nitrogens with one attached hydrogen (secondary N) is 1. The predicted molar refractivity (Wildman–Crippen MR) is 76.2 cm³/mol. The Labute approximate surface area is 125 Å². The van der Waals surface area contributed by atoms with Crippen molar-refractivity contribution in [3.63, 3.8) is 0 Å². The van der Waals surface area contributed by atoms with Gasteiger partial charge in [-0.15, -0.1) is 0 Å². The van der Waals surface area contributed by atoms with E-state index in [-0.39, 0.29) is 6.61 Å². The van der Waals surface area contributed by atoms with Crippen molar-refractivity contribution in [2.45, 2.75) is 51.4 Å². The summed E-state index contributed by atoms with van der Waals surface area (Å²) < 4.78 is 41.1. The fraction of sp³-hybridized carbons (Fsp3) is 1.00. The molecule has 1 saturated carbocycles. The molecule has 0 spiro atoms. The molecular formula is C15H27F3N2O. The molecule has 1 heterocycles. The van der Waals surface area contributed by atoms with Gasteiger partial charge in [0.2, 0.25) is 0 Å². The van der Waals surface area contributed by atoms with E-state index in [1.165, 1.54) is 12.8 Å². The molecule has 2 aliphatic rings. The highest BCUT2D eigenvalue weighted by Gasteiger charge is 2.39. The Hall–Kier alpha value is -0.330. The van der Waals surface area contributed by atoms with Gasteiger partial charge in [-0.05, 0) is 24.7 Å². The maximum absolute atomic E-state index is 12.1. The first kappa shape index (κ1) is 17.0. The van der Waals surface area contributed by atoms with E-state index in [0.717, 1.165) is 25.4 Å². The van der Waals surface area contributed by atoms with Gasteiger partial charge in [0.05, 0.1) is 6.61 Å². The van der Waals surface area contributed by atoms with Gasteiger partial charge in [-0.3, -0.25) is 4.90 Å². The van der Waals surface area contributed by atoms with Crippen LogP contribution in [0.1, 0.15) is 33.1 Å². The fourth-order valence-electron chi connectivity index (χ4n) is 3.09. The molecule has 6 heteroatoms. The SMILES string of the molecule is CCC(C)C1CN(CCOCC(F)(F)F)C(C2CC2)CN1. The summed E-state index contributed by atoms with van der Waals surface area (Å²) in [7, 11) is 0. The second kappa shape index (κ2) is 7.29. The molecule has 3 unspecified atom stereocenters. The van der Waals surface area contributed by atoms with Crippen LogP contribution in [0.3, 0.4) is 0 Å². The first-order valence-electron chi connectivity index (χ1n) is 8.02. The summed E-state index contributed by atoms with van der Waals surface area (Å²) >= 11 is 0. The molecule has 1 N–H and O–H groups in total. The summed E-state index contributed by atoms with van der Waals surface area (Å²) in [4.78, 5) is 2.35. The lowest BCUT2D eigenvalue weighted by Crippen LogP contribution is -2.59. The van der Waals surface area contributed by atoms with E-state index < -0.39 is 12.8 Å². The Morgan fingerprint density at radius 1 is 1.33 bits per heavy atom. The molecule has 0 aromatic carbocycles. The summed E-state index contributed by atoms with van der Waals surface area (Å²) in [5, 5.41) is 3.62. The molecule has 0 aromatic heterocycles. The molecule has 0 amide bonds. The molecule has 3 nitrogen and oxygen atoms in total. The Bertz CT molecular complexity index is 321. The van der Waals surface area contributed by atoms with Crippen LogP contribution in [0.4, 0.5) is 13.2 Å². The summed E-state index contributed by atoms with van der Waals surface area (Å²) in [6, 6.07) is 0.910. The molecule has 0 aromatic rings. The Morgan fingerprint density at radius 2 is 2.05 bits per heavy atom. The number of halogens is 3. The number of rotatable bonds is 7.